The summed E-state index contributed by atoms with van der Waals surface area (Å²) in [6.07, 6.45) is 4.76. The first-order valence-electron chi connectivity index (χ1n) is 15.8. The molecule has 6 aliphatic rings. The minimum Gasteiger partial charge on any atom is -0.390 e. The molecule has 3 saturated carbocycles. The van der Waals surface area contributed by atoms with Gasteiger partial charge in [0.05, 0.1) is 41.2 Å². The Balaban J connectivity index is 1.34. The number of allylic oxidation sites excluding steroid dienone is 1. The molecular weight excluding hydrogens is 524 g/mol. The van der Waals surface area contributed by atoms with Crippen molar-refractivity contribution in [1.82, 2.24) is 0 Å². The van der Waals surface area contributed by atoms with Crippen molar-refractivity contribution in [2.45, 2.75) is 160 Å². The normalized spacial score (nSPS) is 50.9. The number of rotatable bonds is 4. The maximum atomic E-state index is 13.8. The number of aliphatic hydroxyl groups excluding tert-OH is 1. The molecule has 0 aromatic rings. The van der Waals surface area contributed by atoms with Crippen LogP contribution in [0.4, 0.5) is 0 Å². The smallest absolute Gasteiger partial charge is 0.164 e. The van der Waals surface area contributed by atoms with Crippen LogP contribution in [0.5, 0.6) is 0 Å². The van der Waals surface area contributed by atoms with Crippen molar-refractivity contribution in [2.75, 3.05) is 0 Å². The van der Waals surface area contributed by atoms with Gasteiger partial charge in [0.2, 0.25) is 0 Å². The summed E-state index contributed by atoms with van der Waals surface area (Å²) < 4.78 is 25.6. The molecule has 5 fully saturated rings. The molecule has 0 aromatic heterocycles. The van der Waals surface area contributed by atoms with Gasteiger partial charge in [-0.1, -0.05) is 13.8 Å². The van der Waals surface area contributed by atoms with Crippen LogP contribution in [-0.2, 0) is 23.7 Å². The molecule has 11 atom stereocenters. The minimum atomic E-state index is -1.28. The lowest BCUT2D eigenvalue weighted by atomic mass is 9.45. The van der Waals surface area contributed by atoms with Gasteiger partial charge in [0.15, 0.2) is 17.4 Å². The molecule has 0 aromatic carbocycles. The van der Waals surface area contributed by atoms with E-state index in [-0.39, 0.29) is 47.6 Å². The Morgan fingerprint density at radius 1 is 0.951 bits per heavy atom. The maximum Gasteiger partial charge on any atom is 0.164 e. The molecule has 3 N–H and O–H groups in total. The first kappa shape index (κ1) is 30.2. The number of ketones is 1. The molecule has 0 spiro atoms. The first-order chi connectivity index (χ1) is 18.7. The maximum absolute atomic E-state index is 13.8. The van der Waals surface area contributed by atoms with Gasteiger partial charge in [0.25, 0.3) is 0 Å². The van der Waals surface area contributed by atoms with E-state index < -0.39 is 46.0 Å². The summed E-state index contributed by atoms with van der Waals surface area (Å²) in [6.45, 7) is 17.3. The van der Waals surface area contributed by atoms with Crippen LogP contribution in [-0.4, -0.2) is 73.9 Å². The topological polar surface area (TPSA) is 115 Å². The molecule has 0 bridgehead atoms. The molecule has 8 nitrogen and oxygen atoms in total. The van der Waals surface area contributed by atoms with E-state index in [1.165, 1.54) is 0 Å². The minimum absolute atomic E-state index is 0.0502. The lowest BCUT2D eigenvalue weighted by molar-refractivity contribution is -0.190. The Morgan fingerprint density at radius 3 is 2.27 bits per heavy atom. The fourth-order valence-electron chi connectivity index (χ4n) is 10.4. The van der Waals surface area contributed by atoms with Crippen molar-refractivity contribution >= 4 is 5.78 Å². The first-order valence-corrected chi connectivity index (χ1v) is 15.8. The summed E-state index contributed by atoms with van der Waals surface area (Å²) in [6, 6.07) is 0. The van der Waals surface area contributed by atoms with Crippen LogP contribution in [0.25, 0.3) is 0 Å². The van der Waals surface area contributed by atoms with Gasteiger partial charge < -0.3 is 34.3 Å². The number of hydrogen-bond donors (Lipinski definition) is 3. The summed E-state index contributed by atoms with van der Waals surface area (Å²) >= 11 is 0. The quantitative estimate of drug-likeness (QED) is 0.451. The molecule has 4 aliphatic carbocycles. The lowest BCUT2D eigenvalue weighted by Gasteiger charge is -2.60. The van der Waals surface area contributed by atoms with E-state index in [2.05, 4.69) is 20.8 Å². The molecule has 2 heterocycles. The highest BCUT2D eigenvalue weighted by atomic mass is 16.8. The number of aliphatic hydroxyl groups is 3. The fourth-order valence-corrected chi connectivity index (χ4v) is 10.4. The third kappa shape index (κ3) is 4.29. The van der Waals surface area contributed by atoms with E-state index in [0.29, 0.717) is 19.3 Å². The van der Waals surface area contributed by atoms with E-state index in [1.807, 2.05) is 27.7 Å². The Hall–Kier alpha value is -0.870. The van der Waals surface area contributed by atoms with Crippen molar-refractivity contribution in [3.8, 4) is 0 Å². The average Bonchev–Trinajstić information content (AvgIpc) is 3.36. The van der Waals surface area contributed by atoms with Crippen LogP contribution in [0.1, 0.15) is 107 Å². The van der Waals surface area contributed by atoms with Crippen LogP contribution >= 0.6 is 0 Å². The lowest BCUT2D eigenvalue weighted by Crippen LogP contribution is -2.62. The molecule has 0 unspecified atom stereocenters. The largest absolute Gasteiger partial charge is 0.390 e. The summed E-state index contributed by atoms with van der Waals surface area (Å²) in [4.78, 5) is 13.8. The number of fused-ring (bicyclic) bond motifs is 6. The van der Waals surface area contributed by atoms with E-state index >= 15 is 0 Å². The van der Waals surface area contributed by atoms with Crippen LogP contribution < -0.4 is 0 Å². The molecule has 41 heavy (non-hydrogen) atoms. The highest BCUT2D eigenvalue weighted by Gasteiger charge is 2.71. The van der Waals surface area contributed by atoms with Crippen molar-refractivity contribution in [3.05, 3.63) is 11.6 Å². The molecule has 6 rings (SSSR count). The summed E-state index contributed by atoms with van der Waals surface area (Å²) in [7, 11) is 0. The number of hydrogen-bond acceptors (Lipinski definition) is 8. The predicted molar refractivity (Wildman–Crippen MR) is 152 cm³/mol. The van der Waals surface area contributed by atoms with Gasteiger partial charge in [0.1, 0.15) is 0 Å². The third-order valence-corrected chi connectivity index (χ3v) is 12.4. The van der Waals surface area contributed by atoms with Crippen LogP contribution in [0, 0.1) is 28.6 Å². The monoisotopic (exact) mass is 576 g/mol. The standard InChI is InChI=1S/C33H52O8/c1-27(2,36)25(35)16-26-32(9,41-29(5,6)40-26)24-11-13-33(37)19-14-21(34)20-15-22-23(39-28(3,4)38-22)17-30(20,7)18(19)10-12-31(24,33)8/h14,18,20,22-26,35-37H,10-13,15-17H2,1-9H3/t18-,20-,22+,23-,24-,25+,26+,30+,31+,32+,33+/m0/s1. The Bertz CT molecular complexity index is 1140. The zero-order chi connectivity index (χ0) is 30.2. The molecule has 2 saturated heterocycles. The van der Waals surface area contributed by atoms with Gasteiger partial charge in [-0.25, -0.2) is 0 Å². The van der Waals surface area contributed by atoms with E-state index in [0.717, 1.165) is 24.8 Å². The summed E-state index contributed by atoms with van der Waals surface area (Å²) in [5, 5.41) is 34.1. The van der Waals surface area contributed by atoms with Crippen molar-refractivity contribution in [2.24, 2.45) is 28.6 Å². The van der Waals surface area contributed by atoms with E-state index in [1.54, 1.807) is 19.9 Å². The second kappa shape index (κ2) is 8.86. The summed E-state index contributed by atoms with van der Waals surface area (Å²) in [5.41, 5.74) is -3.19. The zero-order valence-electron chi connectivity index (χ0n) is 26.5. The molecule has 8 heteroatoms. The van der Waals surface area contributed by atoms with Gasteiger partial charge >= 0.3 is 0 Å². The third-order valence-electron chi connectivity index (χ3n) is 12.4. The Morgan fingerprint density at radius 2 is 1.61 bits per heavy atom. The van der Waals surface area contributed by atoms with Gasteiger partial charge in [-0.3, -0.25) is 4.79 Å². The van der Waals surface area contributed by atoms with Gasteiger partial charge in [-0.05, 0) is 116 Å². The van der Waals surface area contributed by atoms with Gasteiger partial charge in [-0.2, -0.15) is 0 Å². The molecule has 0 radical (unpaired) electrons. The molecule has 0 amide bonds. The highest BCUT2D eigenvalue weighted by molar-refractivity contribution is 5.95. The van der Waals surface area contributed by atoms with Crippen molar-refractivity contribution in [1.29, 1.82) is 0 Å². The second-order valence-electron chi connectivity index (χ2n) is 16.4. The van der Waals surface area contributed by atoms with Gasteiger partial charge in [-0.15, -0.1) is 0 Å². The van der Waals surface area contributed by atoms with Crippen LogP contribution in [0.15, 0.2) is 11.6 Å². The summed E-state index contributed by atoms with van der Waals surface area (Å²) in [5.74, 6) is -1.55. The Kier molecular flexibility index (Phi) is 6.52. The van der Waals surface area contributed by atoms with Crippen LogP contribution in [0.2, 0.25) is 0 Å². The average molecular weight is 577 g/mol. The second-order valence-corrected chi connectivity index (χ2v) is 16.4. The van der Waals surface area contributed by atoms with E-state index in [4.69, 9.17) is 18.9 Å². The highest BCUT2D eigenvalue weighted by Crippen LogP contribution is 2.70. The predicted octanol–water partition coefficient (Wildman–Crippen LogP) is 4.42. The molecular formula is C33H52O8. The van der Waals surface area contributed by atoms with Gasteiger partial charge in [0, 0.05) is 17.8 Å². The fraction of sp³-hybridized carbons (Fsp3) is 0.909. The SMILES string of the molecule is CC1(C)O[C@H]2C[C@@]3(C)[C@@H](C[C@H]2O1)C(=O)C=C1[C@@H]3CC[C@]2(C)[C@@H]([C@@]3(C)OC(C)(C)O[C@@H]3C[C@@H](O)C(C)(C)O)CC[C@@]12O. The van der Waals surface area contributed by atoms with Crippen molar-refractivity contribution < 1.29 is 39.1 Å². The number of carbonyl (C=O) groups is 1. The zero-order valence-corrected chi connectivity index (χ0v) is 26.5. The molecule has 2 aliphatic heterocycles. The van der Waals surface area contributed by atoms with Crippen molar-refractivity contribution in [3.63, 3.8) is 0 Å². The molecule has 232 valence electrons. The number of carbonyl (C=O) groups excluding carboxylic acids is 1. The number of ether oxygens (including phenoxy) is 4. The van der Waals surface area contributed by atoms with E-state index in [9.17, 15) is 20.1 Å². The van der Waals surface area contributed by atoms with Crippen LogP contribution in [0.3, 0.4) is 0 Å². The Labute approximate surface area is 245 Å².